The number of aromatic carboxylic acids is 1. The first kappa shape index (κ1) is 15.3. The van der Waals surface area contributed by atoms with Crippen LogP contribution in [0.3, 0.4) is 0 Å². The maximum Gasteiger partial charge on any atom is 0.339 e. The van der Waals surface area contributed by atoms with Crippen molar-refractivity contribution in [2.45, 2.75) is 52.7 Å². The molecule has 116 valence electrons. The molecule has 1 aliphatic heterocycles. The second-order valence-corrected chi connectivity index (χ2v) is 6.25. The van der Waals surface area contributed by atoms with Crippen LogP contribution in [0.2, 0.25) is 0 Å². The van der Waals surface area contributed by atoms with Crippen LogP contribution in [0.25, 0.3) is 0 Å². The summed E-state index contributed by atoms with van der Waals surface area (Å²) in [5, 5.41) is 16.6. The lowest BCUT2D eigenvalue weighted by molar-refractivity contribution is 0.0691. The van der Waals surface area contributed by atoms with Crippen LogP contribution in [0.5, 0.6) is 0 Å². The maximum atomic E-state index is 12.2. The average molecular weight is 294 g/mol. The number of hydrogen-bond donors (Lipinski definition) is 2. The lowest BCUT2D eigenvalue weighted by Crippen LogP contribution is -2.50. The van der Waals surface area contributed by atoms with E-state index in [1.165, 1.54) is 0 Å². The number of fused-ring (bicyclic) bond motifs is 1. The molecule has 2 rings (SSSR count). The number of hydrogen-bond acceptors (Lipinski definition) is 3. The number of carboxylic acid groups (broad SMARTS) is 1. The fourth-order valence-corrected chi connectivity index (χ4v) is 2.44. The number of rotatable bonds is 2. The Hall–Kier alpha value is -2.05. The molecule has 1 aromatic rings. The van der Waals surface area contributed by atoms with E-state index in [0.717, 1.165) is 0 Å². The molecule has 0 saturated carbocycles. The van der Waals surface area contributed by atoms with E-state index in [0.29, 0.717) is 30.9 Å². The third-order valence-electron chi connectivity index (χ3n) is 3.37. The van der Waals surface area contributed by atoms with Gasteiger partial charge in [0, 0.05) is 12.1 Å². The minimum atomic E-state index is -0.980. The van der Waals surface area contributed by atoms with Crippen LogP contribution in [-0.4, -0.2) is 43.9 Å². The number of amides is 2. The first-order chi connectivity index (χ1) is 9.73. The van der Waals surface area contributed by atoms with Crippen molar-refractivity contribution in [3.05, 3.63) is 17.0 Å². The Labute approximate surface area is 123 Å². The van der Waals surface area contributed by atoms with Gasteiger partial charge in [0.15, 0.2) is 0 Å². The topological polar surface area (TPSA) is 87.5 Å². The van der Waals surface area contributed by atoms with E-state index in [2.05, 4.69) is 10.4 Å². The standard InChI is InChI=1S/C14H22N4O3/c1-5-9-11(12(19)20)10-8-17(6-7-18(10)16-9)13(21)15-14(2,3)4/h5-8H2,1-4H3,(H,15,21)(H,19,20). The Balaban J connectivity index is 2.25. The number of nitrogens with one attached hydrogen (secondary N) is 1. The first-order valence-corrected chi connectivity index (χ1v) is 7.12. The molecule has 2 heterocycles. The number of nitrogens with zero attached hydrogens (tertiary/aromatic N) is 3. The van der Waals surface area contributed by atoms with Crippen LogP contribution in [-0.2, 0) is 19.5 Å². The Bertz CT molecular complexity index is 572. The summed E-state index contributed by atoms with van der Waals surface area (Å²) >= 11 is 0. The highest BCUT2D eigenvalue weighted by atomic mass is 16.4. The molecule has 0 spiro atoms. The van der Waals surface area contributed by atoms with E-state index in [9.17, 15) is 14.7 Å². The predicted molar refractivity (Wildman–Crippen MR) is 77.3 cm³/mol. The fraction of sp³-hybridized carbons (Fsp3) is 0.643. The minimum Gasteiger partial charge on any atom is -0.478 e. The summed E-state index contributed by atoms with van der Waals surface area (Å²) in [5.41, 5.74) is 1.11. The van der Waals surface area contributed by atoms with Gasteiger partial charge in [-0.15, -0.1) is 0 Å². The van der Waals surface area contributed by atoms with Crippen LogP contribution < -0.4 is 5.32 Å². The first-order valence-electron chi connectivity index (χ1n) is 7.12. The molecule has 0 atom stereocenters. The lowest BCUT2D eigenvalue weighted by Gasteiger charge is -2.31. The average Bonchev–Trinajstić information content (AvgIpc) is 2.73. The Morgan fingerprint density at radius 1 is 1.33 bits per heavy atom. The van der Waals surface area contributed by atoms with Crippen molar-refractivity contribution in [1.29, 1.82) is 0 Å². The quantitative estimate of drug-likeness (QED) is 0.864. The van der Waals surface area contributed by atoms with Gasteiger partial charge in [-0.1, -0.05) is 6.92 Å². The molecule has 0 aliphatic carbocycles. The van der Waals surface area contributed by atoms with Gasteiger partial charge in [-0.25, -0.2) is 9.59 Å². The molecule has 0 radical (unpaired) electrons. The molecule has 7 nitrogen and oxygen atoms in total. The van der Waals surface area contributed by atoms with Gasteiger partial charge in [-0.2, -0.15) is 5.10 Å². The number of carbonyl (C=O) groups excluding carboxylic acids is 1. The normalized spacial score (nSPS) is 14.8. The lowest BCUT2D eigenvalue weighted by atomic mass is 10.1. The van der Waals surface area contributed by atoms with Gasteiger partial charge >= 0.3 is 12.0 Å². The van der Waals surface area contributed by atoms with Crippen LogP contribution >= 0.6 is 0 Å². The van der Waals surface area contributed by atoms with E-state index in [1.54, 1.807) is 9.58 Å². The molecule has 1 aromatic heterocycles. The van der Waals surface area contributed by atoms with E-state index in [-0.39, 0.29) is 23.7 Å². The van der Waals surface area contributed by atoms with Gasteiger partial charge in [0.25, 0.3) is 0 Å². The summed E-state index contributed by atoms with van der Waals surface area (Å²) in [6.07, 6.45) is 0.565. The van der Waals surface area contributed by atoms with E-state index >= 15 is 0 Å². The van der Waals surface area contributed by atoms with Gasteiger partial charge < -0.3 is 15.3 Å². The van der Waals surface area contributed by atoms with Crippen LogP contribution in [0, 0.1) is 0 Å². The predicted octanol–water partition coefficient (Wildman–Crippen LogP) is 1.47. The van der Waals surface area contributed by atoms with Crippen molar-refractivity contribution in [3.8, 4) is 0 Å². The molecule has 1 aliphatic rings. The summed E-state index contributed by atoms with van der Waals surface area (Å²) in [6.45, 7) is 8.94. The summed E-state index contributed by atoms with van der Waals surface area (Å²) in [4.78, 5) is 25.3. The Morgan fingerprint density at radius 3 is 2.52 bits per heavy atom. The number of aromatic nitrogens is 2. The van der Waals surface area contributed by atoms with Crippen LogP contribution in [0.1, 0.15) is 49.4 Å². The van der Waals surface area contributed by atoms with Crippen molar-refractivity contribution in [2.75, 3.05) is 6.54 Å². The highest BCUT2D eigenvalue weighted by molar-refractivity contribution is 5.90. The molecule has 0 fully saturated rings. The van der Waals surface area contributed by atoms with Gasteiger partial charge in [0.05, 0.1) is 24.5 Å². The summed E-state index contributed by atoms with van der Waals surface area (Å²) in [7, 11) is 0. The molecular weight excluding hydrogens is 272 g/mol. The van der Waals surface area contributed by atoms with Crippen molar-refractivity contribution >= 4 is 12.0 Å². The molecule has 21 heavy (non-hydrogen) atoms. The largest absolute Gasteiger partial charge is 0.478 e. The molecule has 2 N–H and O–H groups in total. The number of carboxylic acids is 1. The van der Waals surface area contributed by atoms with Crippen LogP contribution in [0.15, 0.2) is 0 Å². The maximum absolute atomic E-state index is 12.2. The Morgan fingerprint density at radius 2 is 2.00 bits per heavy atom. The summed E-state index contributed by atoms with van der Waals surface area (Å²) in [5.74, 6) is -0.980. The van der Waals surface area contributed by atoms with Gasteiger partial charge in [0.1, 0.15) is 5.56 Å². The van der Waals surface area contributed by atoms with Gasteiger partial charge in [-0.3, -0.25) is 4.68 Å². The molecular formula is C14H22N4O3. The third-order valence-corrected chi connectivity index (χ3v) is 3.37. The summed E-state index contributed by atoms with van der Waals surface area (Å²) in [6, 6.07) is -0.177. The highest BCUT2D eigenvalue weighted by Gasteiger charge is 2.30. The molecule has 0 bridgehead atoms. The van der Waals surface area contributed by atoms with Gasteiger partial charge in [-0.05, 0) is 27.2 Å². The van der Waals surface area contributed by atoms with Crippen molar-refractivity contribution < 1.29 is 14.7 Å². The van der Waals surface area contributed by atoms with Crippen LogP contribution in [0.4, 0.5) is 4.79 Å². The number of carbonyl (C=O) groups is 2. The third kappa shape index (κ3) is 3.17. The molecule has 0 unspecified atom stereocenters. The molecule has 7 heteroatoms. The fourth-order valence-electron chi connectivity index (χ4n) is 2.44. The zero-order chi connectivity index (χ0) is 15.8. The molecule has 0 aromatic carbocycles. The highest BCUT2D eigenvalue weighted by Crippen LogP contribution is 2.21. The zero-order valence-electron chi connectivity index (χ0n) is 12.9. The monoisotopic (exact) mass is 294 g/mol. The molecule has 0 saturated heterocycles. The second-order valence-electron chi connectivity index (χ2n) is 6.25. The SMILES string of the molecule is CCc1nn2c(c1C(=O)O)CN(C(=O)NC(C)(C)C)CC2. The van der Waals surface area contributed by atoms with Crippen molar-refractivity contribution in [2.24, 2.45) is 0 Å². The second kappa shape index (κ2) is 5.38. The van der Waals surface area contributed by atoms with Gasteiger partial charge in [0.2, 0.25) is 0 Å². The van der Waals surface area contributed by atoms with Crippen molar-refractivity contribution in [1.82, 2.24) is 20.0 Å². The number of aryl methyl sites for hydroxylation is 1. The smallest absolute Gasteiger partial charge is 0.339 e. The number of urea groups is 1. The molecule has 2 amide bonds. The van der Waals surface area contributed by atoms with Crippen molar-refractivity contribution in [3.63, 3.8) is 0 Å². The van der Waals surface area contributed by atoms with E-state index in [1.807, 2.05) is 27.7 Å². The minimum absolute atomic E-state index is 0.177. The zero-order valence-corrected chi connectivity index (χ0v) is 12.9. The van der Waals surface area contributed by atoms with E-state index in [4.69, 9.17) is 0 Å². The van der Waals surface area contributed by atoms with E-state index < -0.39 is 5.97 Å². The summed E-state index contributed by atoms with van der Waals surface area (Å²) < 4.78 is 1.71. The Kier molecular flexibility index (Phi) is 3.93.